The first-order valence-electron chi connectivity index (χ1n) is 10.7. The molecule has 1 aromatic carbocycles. The first kappa shape index (κ1) is 23.3. The number of hydrogen-bond acceptors (Lipinski definition) is 3. The zero-order valence-electron chi connectivity index (χ0n) is 17.6. The van der Waals surface area contributed by atoms with Crippen LogP contribution < -0.4 is 4.74 Å². The van der Waals surface area contributed by atoms with Gasteiger partial charge in [0.15, 0.2) is 0 Å². The predicted octanol–water partition coefficient (Wildman–Crippen LogP) is 7.20. The fourth-order valence-electron chi connectivity index (χ4n) is 3.31. The molecule has 0 aliphatic carbocycles. The highest BCUT2D eigenvalue weighted by atomic mass is 16.5. The summed E-state index contributed by atoms with van der Waals surface area (Å²) in [5.74, 6) is 0.195. The first-order chi connectivity index (χ1) is 13.2. The van der Waals surface area contributed by atoms with Crippen LogP contribution in [0.2, 0.25) is 0 Å². The molecular formula is C24H38O3. The number of methoxy groups -OCH3 is 2. The van der Waals surface area contributed by atoms with Gasteiger partial charge in [0.2, 0.25) is 0 Å². The predicted molar refractivity (Wildman–Crippen MR) is 114 cm³/mol. The molecule has 3 nitrogen and oxygen atoms in total. The lowest BCUT2D eigenvalue weighted by Crippen LogP contribution is -2.06. The highest BCUT2D eigenvalue weighted by Gasteiger charge is 2.15. The van der Waals surface area contributed by atoms with Crippen LogP contribution in [0.1, 0.15) is 99.9 Å². The number of carbonyl (C=O) groups is 1. The summed E-state index contributed by atoms with van der Waals surface area (Å²) in [6.45, 7) is 2.27. The fraction of sp³-hybridized carbons (Fsp3) is 0.625. The average Bonchev–Trinajstić information content (AvgIpc) is 2.70. The molecule has 0 fully saturated rings. The topological polar surface area (TPSA) is 35.5 Å². The zero-order chi connectivity index (χ0) is 19.7. The third-order valence-corrected chi connectivity index (χ3v) is 4.94. The molecule has 0 radical (unpaired) electrons. The third kappa shape index (κ3) is 9.65. The van der Waals surface area contributed by atoms with Crippen LogP contribution in [0.15, 0.2) is 24.3 Å². The van der Waals surface area contributed by atoms with Crippen molar-refractivity contribution in [1.29, 1.82) is 0 Å². The van der Waals surface area contributed by atoms with Crippen molar-refractivity contribution in [1.82, 2.24) is 0 Å². The lowest BCUT2D eigenvalue weighted by molar-refractivity contribution is 0.0597. The number of hydrogen-bond donors (Lipinski definition) is 0. The lowest BCUT2D eigenvalue weighted by atomic mass is 10.0. The van der Waals surface area contributed by atoms with Gasteiger partial charge < -0.3 is 9.47 Å². The van der Waals surface area contributed by atoms with Crippen molar-refractivity contribution in [2.45, 2.75) is 84.0 Å². The molecule has 0 aliphatic rings. The molecular weight excluding hydrogens is 336 g/mol. The standard InChI is InChI=1S/C24H38O3/c1-4-5-6-7-8-9-10-11-12-13-14-15-16-18-21-19-17-20-22(26-2)23(21)24(25)27-3/h16-20H,4-15H2,1-3H3/b18-16+. The molecule has 0 amide bonds. The molecule has 0 unspecified atom stereocenters. The van der Waals surface area contributed by atoms with Crippen molar-refractivity contribution in [2.24, 2.45) is 0 Å². The Morgan fingerprint density at radius 3 is 2.04 bits per heavy atom. The van der Waals surface area contributed by atoms with Crippen molar-refractivity contribution in [3.05, 3.63) is 35.4 Å². The van der Waals surface area contributed by atoms with E-state index in [0.29, 0.717) is 11.3 Å². The van der Waals surface area contributed by atoms with Crippen molar-refractivity contribution < 1.29 is 14.3 Å². The number of unbranched alkanes of at least 4 members (excludes halogenated alkanes) is 11. The minimum Gasteiger partial charge on any atom is -0.496 e. The van der Waals surface area contributed by atoms with E-state index in [9.17, 15) is 4.79 Å². The summed E-state index contributed by atoms with van der Waals surface area (Å²) < 4.78 is 10.2. The largest absolute Gasteiger partial charge is 0.496 e. The van der Waals surface area contributed by atoms with Crippen molar-refractivity contribution >= 4 is 12.0 Å². The number of esters is 1. The van der Waals surface area contributed by atoms with Crippen molar-refractivity contribution in [3.8, 4) is 5.75 Å². The molecule has 0 aliphatic heterocycles. The van der Waals surface area contributed by atoms with Gasteiger partial charge in [-0.05, 0) is 24.5 Å². The van der Waals surface area contributed by atoms with Gasteiger partial charge in [0.1, 0.15) is 11.3 Å². The second-order valence-corrected chi connectivity index (χ2v) is 7.14. The van der Waals surface area contributed by atoms with Gasteiger partial charge in [0.05, 0.1) is 14.2 Å². The Kier molecular flexibility index (Phi) is 13.2. The van der Waals surface area contributed by atoms with E-state index in [-0.39, 0.29) is 5.97 Å². The Balaban J connectivity index is 2.22. The van der Waals surface area contributed by atoms with E-state index in [0.717, 1.165) is 12.0 Å². The molecule has 152 valence electrons. The number of rotatable bonds is 15. The maximum absolute atomic E-state index is 12.0. The maximum atomic E-state index is 12.0. The molecule has 0 atom stereocenters. The second kappa shape index (κ2) is 15.3. The molecule has 0 heterocycles. The Hall–Kier alpha value is -1.77. The summed E-state index contributed by atoms with van der Waals surface area (Å²) in [6, 6.07) is 5.60. The molecule has 0 spiro atoms. The average molecular weight is 375 g/mol. The quantitative estimate of drug-likeness (QED) is 0.240. The minimum absolute atomic E-state index is 0.359. The van der Waals surface area contributed by atoms with Crippen LogP contribution in [-0.4, -0.2) is 20.2 Å². The molecule has 27 heavy (non-hydrogen) atoms. The van der Waals surface area contributed by atoms with Gasteiger partial charge >= 0.3 is 5.97 Å². The number of allylic oxidation sites excluding steroid dienone is 1. The third-order valence-electron chi connectivity index (χ3n) is 4.94. The fourth-order valence-corrected chi connectivity index (χ4v) is 3.31. The second-order valence-electron chi connectivity index (χ2n) is 7.14. The molecule has 1 rings (SSSR count). The Labute approximate surface area is 166 Å². The molecule has 3 heteroatoms. The number of ether oxygens (including phenoxy) is 2. The van der Waals surface area contributed by atoms with Crippen LogP contribution in [0.4, 0.5) is 0 Å². The van der Waals surface area contributed by atoms with E-state index >= 15 is 0 Å². The Bertz CT molecular complexity index is 549. The SMILES string of the molecule is CCCCCCCCCCCCC/C=C/c1cccc(OC)c1C(=O)OC. The summed E-state index contributed by atoms with van der Waals surface area (Å²) in [6.07, 6.45) is 20.1. The van der Waals surface area contributed by atoms with Gasteiger partial charge in [-0.2, -0.15) is 0 Å². The van der Waals surface area contributed by atoms with Crippen LogP contribution in [-0.2, 0) is 4.74 Å². The van der Waals surface area contributed by atoms with Gasteiger partial charge in [0, 0.05) is 0 Å². The van der Waals surface area contributed by atoms with E-state index in [4.69, 9.17) is 9.47 Å². The van der Waals surface area contributed by atoms with Gasteiger partial charge in [0.25, 0.3) is 0 Å². The molecule has 0 bridgehead atoms. The van der Waals surface area contributed by atoms with Crippen LogP contribution in [0.25, 0.3) is 6.08 Å². The molecule has 0 saturated heterocycles. The smallest absolute Gasteiger partial charge is 0.342 e. The maximum Gasteiger partial charge on any atom is 0.342 e. The van der Waals surface area contributed by atoms with Crippen LogP contribution >= 0.6 is 0 Å². The van der Waals surface area contributed by atoms with Gasteiger partial charge in [-0.3, -0.25) is 0 Å². The highest BCUT2D eigenvalue weighted by molar-refractivity contribution is 5.96. The van der Waals surface area contributed by atoms with E-state index in [2.05, 4.69) is 13.0 Å². The molecule has 0 aromatic heterocycles. The zero-order valence-corrected chi connectivity index (χ0v) is 17.6. The Morgan fingerprint density at radius 1 is 0.889 bits per heavy atom. The number of carbonyl (C=O) groups excluding carboxylic acids is 1. The van der Waals surface area contributed by atoms with Crippen LogP contribution in [0.5, 0.6) is 5.75 Å². The minimum atomic E-state index is -0.359. The summed E-state index contributed by atoms with van der Waals surface area (Å²) in [7, 11) is 2.97. The normalized spacial score (nSPS) is 11.1. The van der Waals surface area contributed by atoms with Gasteiger partial charge in [-0.15, -0.1) is 0 Å². The van der Waals surface area contributed by atoms with Crippen LogP contribution in [0, 0.1) is 0 Å². The lowest BCUT2D eigenvalue weighted by Gasteiger charge is -2.09. The van der Waals surface area contributed by atoms with Crippen molar-refractivity contribution in [2.75, 3.05) is 14.2 Å². The monoisotopic (exact) mass is 374 g/mol. The summed E-state index contributed by atoms with van der Waals surface area (Å²) in [4.78, 5) is 12.0. The molecule has 0 N–H and O–H groups in total. The van der Waals surface area contributed by atoms with E-state index in [1.165, 1.54) is 77.7 Å². The Morgan fingerprint density at radius 2 is 1.48 bits per heavy atom. The molecule has 0 saturated carbocycles. The van der Waals surface area contributed by atoms with E-state index in [1.807, 2.05) is 18.2 Å². The van der Waals surface area contributed by atoms with Gasteiger partial charge in [-0.25, -0.2) is 4.79 Å². The summed E-state index contributed by atoms with van der Waals surface area (Å²) in [5.41, 5.74) is 1.35. The van der Waals surface area contributed by atoms with Gasteiger partial charge in [-0.1, -0.05) is 95.4 Å². The number of benzene rings is 1. The van der Waals surface area contributed by atoms with E-state index in [1.54, 1.807) is 13.2 Å². The summed E-state index contributed by atoms with van der Waals surface area (Å²) in [5, 5.41) is 0. The van der Waals surface area contributed by atoms with Crippen molar-refractivity contribution in [3.63, 3.8) is 0 Å². The molecule has 1 aromatic rings. The highest BCUT2D eigenvalue weighted by Crippen LogP contribution is 2.24. The first-order valence-corrected chi connectivity index (χ1v) is 10.7. The van der Waals surface area contributed by atoms with E-state index < -0.39 is 0 Å². The van der Waals surface area contributed by atoms with Crippen LogP contribution in [0.3, 0.4) is 0 Å². The summed E-state index contributed by atoms with van der Waals surface area (Å²) >= 11 is 0.